The Balaban J connectivity index is 3.88. The van der Waals surface area contributed by atoms with Crippen molar-refractivity contribution in [1.29, 1.82) is 0 Å². The Labute approximate surface area is 194 Å². The highest BCUT2D eigenvalue weighted by Gasteiger charge is 2.35. The fourth-order valence-corrected chi connectivity index (χ4v) is 4.14. The third-order valence-corrected chi connectivity index (χ3v) is 5.81. The van der Waals surface area contributed by atoms with Crippen molar-refractivity contribution in [2.24, 2.45) is 0 Å². The second-order valence-electron chi connectivity index (χ2n) is 9.01. The van der Waals surface area contributed by atoms with Crippen LogP contribution in [0.2, 0.25) is 0 Å². The van der Waals surface area contributed by atoms with Gasteiger partial charge >= 0.3 is 17.9 Å². The molecular formula is C25H46NO6+. The quantitative estimate of drug-likeness (QED) is 0.107. The van der Waals surface area contributed by atoms with E-state index in [1.807, 2.05) is 0 Å². The summed E-state index contributed by atoms with van der Waals surface area (Å²) in [6, 6.07) is 0. The molecule has 0 saturated heterocycles. The molecule has 0 aliphatic rings. The SMILES string of the molecule is CCCCCCCCCC/C=C/CCCCCCC[N+](CC(=O)O)(CC(=O)O)CC(=O)O. The van der Waals surface area contributed by atoms with Gasteiger partial charge in [-0.05, 0) is 38.5 Å². The number of unbranched alkanes of at least 4 members (excludes halogenated alkanes) is 13. The molecule has 0 aromatic heterocycles. The number of aliphatic carboxylic acids is 3. The lowest BCUT2D eigenvalue weighted by Gasteiger charge is -2.34. The molecule has 7 heteroatoms. The third-order valence-electron chi connectivity index (χ3n) is 5.81. The predicted octanol–water partition coefficient (Wildman–Crippen LogP) is 5.48. The molecule has 3 N–H and O–H groups in total. The van der Waals surface area contributed by atoms with Crippen LogP contribution in [-0.4, -0.2) is 63.9 Å². The second-order valence-corrected chi connectivity index (χ2v) is 9.01. The zero-order chi connectivity index (χ0) is 24.1. The number of carbonyl (C=O) groups is 3. The summed E-state index contributed by atoms with van der Waals surface area (Å²) in [4.78, 5) is 33.5. The Morgan fingerprint density at radius 3 is 1.28 bits per heavy atom. The van der Waals surface area contributed by atoms with Crippen molar-refractivity contribution < 1.29 is 34.2 Å². The maximum atomic E-state index is 11.2. The number of carboxylic acids is 3. The number of rotatable bonds is 23. The molecule has 0 aliphatic heterocycles. The van der Waals surface area contributed by atoms with Crippen LogP contribution >= 0.6 is 0 Å². The number of allylic oxidation sites excluding steroid dienone is 2. The largest absolute Gasteiger partial charge is 0.477 e. The zero-order valence-electron chi connectivity index (χ0n) is 20.1. The highest BCUT2D eigenvalue weighted by atomic mass is 16.4. The first-order valence-corrected chi connectivity index (χ1v) is 12.5. The monoisotopic (exact) mass is 456 g/mol. The standard InChI is InChI=1S/C25H45NO6/c1-2-3-4-5-6-7-8-9-10-11-12-13-14-15-16-17-18-19-26(20-23(27)28,21-24(29)30)22-25(31)32/h11-12H,2-10,13-22H2,1H3,(H2-,27,28,29,30,31,32)/p+1/b12-11+. The summed E-state index contributed by atoms with van der Waals surface area (Å²) >= 11 is 0. The van der Waals surface area contributed by atoms with Gasteiger partial charge in [0.15, 0.2) is 19.6 Å². The molecule has 0 atom stereocenters. The van der Waals surface area contributed by atoms with E-state index in [0.29, 0.717) is 6.42 Å². The van der Waals surface area contributed by atoms with Crippen LogP contribution in [0.3, 0.4) is 0 Å². The minimum Gasteiger partial charge on any atom is -0.477 e. The van der Waals surface area contributed by atoms with E-state index in [1.54, 1.807) is 0 Å². The first kappa shape index (κ1) is 30.1. The molecular weight excluding hydrogens is 410 g/mol. The van der Waals surface area contributed by atoms with Gasteiger partial charge in [-0.25, -0.2) is 14.4 Å². The summed E-state index contributed by atoms with van der Waals surface area (Å²) < 4.78 is -0.443. The van der Waals surface area contributed by atoms with E-state index in [1.165, 1.54) is 51.4 Å². The average molecular weight is 457 g/mol. The maximum absolute atomic E-state index is 11.2. The normalized spacial score (nSPS) is 11.8. The topological polar surface area (TPSA) is 112 Å². The van der Waals surface area contributed by atoms with Gasteiger partial charge in [0, 0.05) is 0 Å². The van der Waals surface area contributed by atoms with Crippen molar-refractivity contribution in [1.82, 2.24) is 0 Å². The van der Waals surface area contributed by atoms with Crippen LogP contribution in [0.5, 0.6) is 0 Å². The molecule has 0 aliphatic carbocycles. The van der Waals surface area contributed by atoms with E-state index in [9.17, 15) is 14.4 Å². The van der Waals surface area contributed by atoms with Crippen molar-refractivity contribution in [2.45, 2.75) is 103 Å². The van der Waals surface area contributed by atoms with Crippen molar-refractivity contribution in [3.63, 3.8) is 0 Å². The van der Waals surface area contributed by atoms with Crippen LogP contribution in [0, 0.1) is 0 Å². The summed E-state index contributed by atoms with van der Waals surface area (Å²) in [5.74, 6) is -3.52. The lowest BCUT2D eigenvalue weighted by molar-refractivity contribution is -0.907. The molecule has 0 unspecified atom stereocenters. The number of nitrogens with zero attached hydrogens (tertiary/aromatic N) is 1. The highest BCUT2D eigenvalue weighted by Crippen LogP contribution is 2.14. The Bertz CT molecular complexity index is 506. The van der Waals surface area contributed by atoms with Crippen molar-refractivity contribution in [3.8, 4) is 0 Å². The van der Waals surface area contributed by atoms with Crippen molar-refractivity contribution in [3.05, 3.63) is 12.2 Å². The lowest BCUT2D eigenvalue weighted by atomic mass is 10.1. The molecule has 0 fully saturated rings. The summed E-state index contributed by atoms with van der Waals surface area (Å²) in [5.41, 5.74) is 0. The predicted molar refractivity (Wildman–Crippen MR) is 127 cm³/mol. The Hall–Kier alpha value is -1.89. The molecule has 0 amide bonds. The van der Waals surface area contributed by atoms with Gasteiger partial charge in [-0.3, -0.25) is 4.48 Å². The third kappa shape index (κ3) is 18.8. The summed E-state index contributed by atoms with van der Waals surface area (Å²) in [7, 11) is 0. The van der Waals surface area contributed by atoms with E-state index in [2.05, 4.69) is 19.1 Å². The molecule has 0 spiro atoms. The van der Waals surface area contributed by atoms with Crippen LogP contribution < -0.4 is 0 Å². The van der Waals surface area contributed by atoms with Crippen LogP contribution in [-0.2, 0) is 14.4 Å². The van der Waals surface area contributed by atoms with Gasteiger partial charge in [-0.1, -0.05) is 76.9 Å². The van der Waals surface area contributed by atoms with Gasteiger partial charge in [0.2, 0.25) is 0 Å². The number of carboxylic acid groups (broad SMARTS) is 3. The molecule has 0 heterocycles. The lowest BCUT2D eigenvalue weighted by Crippen LogP contribution is -2.57. The number of hydrogen-bond acceptors (Lipinski definition) is 3. The fourth-order valence-electron chi connectivity index (χ4n) is 4.14. The Morgan fingerprint density at radius 1 is 0.562 bits per heavy atom. The van der Waals surface area contributed by atoms with Crippen LogP contribution in [0.25, 0.3) is 0 Å². The highest BCUT2D eigenvalue weighted by molar-refractivity contribution is 5.73. The number of hydrogen-bond donors (Lipinski definition) is 3. The van der Waals surface area contributed by atoms with Gasteiger partial charge in [-0.15, -0.1) is 0 Å². The molecule has 0 radical (unpaired) electrons. The van der Waals surface area contributed by atoms with Gasteiger partial charge < -0.3 is 15.3 Å². The van der Waals surface area contributed by atoms with Crippen molar-refractivity contribution in [2.75, 3.05) is 26.2 Å². The smallest absolute Gasteiger partial charge is 0.359 e. The van der Waals surface area contributed by atoms with Gasteiger partial charge in [0.25, 0.3) is 0 Å². The first-order valence-electron chi connectivity index (χ1n) is 12.5. The molecule has 0 aromatic carbocycles. The van der Waals surface area contributed by atoms with Crippen LogP contribution in [0.1, 0.15) is 103 Å². The molecule has 32 heavy (non-hydrogen) atoms. The second kappa shape index (κ2) is 19.8. The number of quaternary nitrogens is 1. The zero-order valence-corrected chi connectivity index (χ0v) is 20.1. The fraction of sp³-hybridized carbons (Fsp3) is 0.800. The first-order chi connectivity index (χ1) is 15.3. The Morgan fingerprint density at radius 2 is 0.906 bits per heavy atom. The molecule has 0 saturated carbocycles. The summed E-state index contributed by atoms with van der Waals surface area (Å²) in [6.45, 7) is 1.05. The van der Waals surface area contributed by atoms with Crippen LogP contribution in [0.15, 0.2) is 12.2 Å². The van der Waals surface area contributed by atoms with E-state index < -0.39 is 42.0 Å². The Kier molecular flexibility index (Phi) is 18.6. The summed E-state index contributed by atoms with van der Waals surface area (Å²) in [6.07, 6.45) is 22.1. The average Bonchev–Trinajstić information content (AvgIpc) is 2.68. The molecule has 0 aromatic rings. The van der Waals surface area contributed by atoms with E-state index in [0.717, 1.165) is 38.5 Å². The minimum absolute atomic E-state index is 0.253. The molecule has 7 nitrogen and oxygen atoms in total. The van der Waals surface area contributed by atoms with Crippen LogP contribution in [0.4, 0.5) is 0 Å². The van der Waals surface area contributed by atoms with Crippen molar-refractivity contribution >= 4 is 17.9 Å². The molecule has 0 rings (SSSR count). The van der Waals surface area contributed by atoms with Gasteiger partial charge in [-0.2, -0.15) is 0 Å². The maximum Gasteiger partial charge on any atom is 0.359 e. The minimum atomic E-state index is -1.17. The van der Waals surface area contributed by atoms with E-state index >= 15 is 0 Å². The molecule has 0 bridgehead atoms. The summed E-state index contributed by atoms with van der Waals surface area (Å²) in [5, 5.41) is 27.3. The molecule has 186 valence electrons. The van der Waals surface area contributed by atoms with E-state index in [4.69, 9.17) is 15.3 Å². The van der Waals surface area contributed by atoms with Gasteiger partial charge in [0.1, 0.15) is 0 Å². The van der Waals surface area contributed by atoms with Gasteiger partial charge in [0.05, 0.1) is 6.54 Å². The van der Waals surface area contributed by atoms with E-state index in [-0.39, 0.29) is 6.54 Å².